The average Bonchev–Trinajstić information content (AvgIpc) is 2.64. The summed E-state index contributed by atoms with van der Waals surface area (Å²) in [6.07, 6.45) is -1.28. The van der Waals surface area contributed by atoms with Gasteiger partial charge < -0.3 is 9.63 Å². The zero-order valence-corrected chi connectivity index (χ0v) is 27.7. The number of carbonyl (C=O) groups is 3. The number of alkyl halides is 1. The summed E-state index contributed by atoms with van der Waals surface area (Å²) in [6, 6.07) is 14.0. The molecule has 12 heteroatoms. The summed E-state index contributed by atoms with van der Waals surface area (Å²) in [5, 5.41) is 11.7. The number of hydrogen-bond donors (Lipinski definition) is 2. The molecule has 0 aromatic heterocycles. The van der Waals surface area contributed by atoms with Crippen molar-refractivity contribution in [2.75, 3.05) is 15.5 Å². The van der Waals surface area contributed by atoms with Gasteiger partial charge in [0.1, 0.15) is 0 Å². The van der Waals surface area contributed by atoms with Crippen LogP contribution in [0.25, 0.3) is 0 Å². The van der Waals surface area contributed by atoms with E-state index < -0.39 is 18.1 Å². The van der Waals surface area contributed by atoms with Crippen LogP contribution < -0.4 is 10.2 Å². The van der Waals surface area contributed by atoms with Gasteiger partial charge in [-0.1, -0.05) is 40.2 Å². The molecule has 0 radical (unpaired) electrons. The van der Waals surface area contributed by atoms with Crippen LogP contribution in [0.5, 0.6) is 0 Å². The SMILES string of the molecule is O=C(Nc1ccc(Cc2ccc(N(C(=O)O)C(=O)CBr)cc2)cc1)OP.P.[U].[U]. The van der Waals surface area contributed by atoms with Crippen LogP contribution in [0.3, 0.4) is 0 Å². The van der Waals surface area contributed by atoms with Gasteiger partial charge >= 0.3 is 12.2 Å². The van der Waals surface area contributed by atoms with E-state index in [0.29, 0.717) is 22.7 Å². The molecular formula is C17H19BrN2O5P2U2. The minimum Gasteiger partial charge on any atom is -0.464 e. The number of hydrogen-bond acceptors (Lipinski definition) is 4. The third-order valence-corrected chi connectivity index (χ3v) is 4.16. The molecule has 3 amide bonds. The molecule has 0 aliphatic rings. The van der Waals surface area contributed by atoms with Gasteiger partial charge in [-0.3, -0.25) is 10.1 Å². The Labute approximate surface area is 230 Å². The molecule has 0 spiro atoms. The third-order valence-electron chi connectivity index (χ3n) is 3.47. The van der Waals surface area contributed by atoms with E-state index in [9.17, 15) is 19.5 Å². The molecule has 2 aromatic rings. The second-order valence-electron chi connectivity index (χ2n) is 5.22. The summed E-state index contributed by atoms with van der Waals surface area (Å²) in [5.41, 5.74) is 2.87. The zero-order chi connectivity index (χ0) is 19.1. The van der Waals surface area contributed by atoms with Gasteiger partial charge in [-0.2, -0.15) is 9.90 Å². The number of benzene rings is 2. The number of amides is 3. The van der Waals surface area contributed by atoms with Crippen molar-refractivity contribution >= 4 is 64.8 Å². The van der Waals surface area contributed by atoms with Gasteiger partial charge in [0, 0.05) is 67.9 Å². The number of imide groups is 1. The molecule has 0 fully saturated rings. The molecule has 2 atom stereocenters. The number of nitrogens with zero attached hydrogens (tertiary/aromatic N) is 1. The number of rotatable bonds is 5. The summed E-state index contributed by atoms with van der Waals surface area (Å²) in [4.78, 5) is 34.8. The fraction of sp³-hybridized carbons (Fsp3) is 0.118. The monoisotopic (exact) mass is 948 g/mol. The van der Waals surface area contributed by atoms with Crippen LogP contribution >= 0.6 is 35.3 Å². The molecule has 7 nitrogen and oxygen atoms in total. The Morgan fingerprint density at radius 3 is 1.90 bits per heavy atom. The molecule has 2 unspecified atom stereocenters. The van der Waals surface area contributed by atoms with Crippen molar-refractivity contribution in [1.82, 2.24) is 0 Å². The Kier molecular flexibility index (Phi) is 17.1. The van der Waals surface area contributed by atoms with Crippen molar-refractivity contribution in [1.29, 1.82) is 0 Å². The minimum absolute atomic E-state index is 0. The van der Waals surface area contributed by atoms with Crippen molar-refractivity contribution in [3.63, 3.8) is 0 Å². The van der Waals surface area contributed by atoms with Crippen LogP contribution in [0.4, 0.5) is 21.0 Å². The normalized spacial score (nSPS) is 9.03. The Balaban J connectivity index is 0. The molecule has 29 heavy (non-hydrogen) atoms. The average molecular weight is 949 g/mol. The summed E-state index contributed by atoms with van der Waals surface area (Å²) in [7, 11) is 1.87. The van der Waals surface area contributed by atoms with Gasteiger partial charge in [0.15, 0.2) is 0 Å². The van der Waals surface area contributed by atoms with Gasteiger partial charge in [-0.15, -0.1) is 0 Å². The maximum atomic E-state index is 11.7. The molecule has 0 saturated heterocycles. The van der Waals surface area contributed by atoms with Crippen LogP contribution in [0.15, 0.2) is 48.5 Å². The quantitative estimate of drug-likeness (QED) is 0.349. The molecule has 2 rings (SSSR count). The molecule has 0 heterocycles. The van der Waals surface area contributed by atoms with Crippen molar-refractivity contribution < 1.29 is 86.2 Å². The van der Waals surface area contributed by atoms with E-state index in [2.05, 4.69) is 25.8 Å². The summed E-state index contributed by atoms with van der Waals surface area (Å²) < 4.78 is 4.45. The summed E-state index contributed by atoms with van der Waals surface area (Å²) >= 11 is 2.98. The molecule has 152 valence electrons. The van der Waals surface area contributed by atoms with E-state index in [1.165, 1.54) is 0 Å². The zero-order valence-electron chi connectivity index (χ0n) is 15.2. The van der Waals surface area contributed by atoms with Crippen LogP contribution in [0.2, 0.25) is 0 Å². The molecule has 0 saturated carbocycles. The predicted molar refractivity (Wildman–Crippen MR) is 116 cm³/mol. The first-order valence-electron chi connectivity index (χ1n) is 7.42. The summed E-state index contributed by atoms with van der Waals surface area (Å²) in [6.45, 7) is 0. The van der Waals surface area contributed by atoms with Crippen LogP contribution in [0, 0.1) is 62.2 Å². The molecule has 0 aliphatic heterocycles. The molecule has 0 aliphatic carbocycles. The molecular weight excluding hydrogens is 930 g/mol. The minimum atomic E-state index is -1.32. The predicted octanol–water partition coefficient (Wildman–Crippen LogP) is 4.08. The number of nitrogens with one attached hydrogen (secondary N) is 1. The first-order valence-corrected chi connectivity index (χ1v) is 9.01. The Morgan fingerprint density at radius 2 is 1.48 bits per heavy atom. The second kappa shape index (κ2) is 15.8. The van der Waals surface area contributed by atoms with Crippen molar-refractivity contribution in [3.8, 4) is 0 Å². The number of halogens is 1. The second-order valence-corrected chi connectivity index (χ2v) is 6.01. The van der Waals surface area contributed by atoms with Gasteiger partial charge in [0.2, 0.25) is 5.91 Å². The van der Waals surface area contributed by atoms with E-state index in [1.807, 2.05) is 21.6 Å². The Hall–Kier alpha value is 0.0939. The number of carboxylic acid groups (broad SMARTS) is 1. The van der Waals surface area contributed by atoms with Crippen LogP contribution in [-0.4, -0.2) is 28.5 Å². The van der Waals surface area contributed by atoms with Gasteiger partial charge in [-0.25, -0.2) is 14.5 Å². The topological polar surface area (TPSA) is 95.9 Å². The smallest absolute Gasteiger partial charge is 0.418 e. The molecule has 2 N–H and O–H groups in total. The maximum Gasteiger partial charge on any atom is 0.418 e. The number of carbonyl (C=O) groups excluding carboxylic acids is 2. The van der Waals surface area contributed by atoms with Crippen LogP contribution in [-0.2, 0) is 15.7 Å². The number of anilines is 2. The largest absolute Gasteiger partial charge is 0.464 e. The van der Waals surface area contributed by atoms with E-state index in [4.69, 9.17) is 0 Å². The summed E-state index contributed by atoms with van der Waals surface area (Å²) in [5.74, 6) is -0.558. The van der Waals surface area contributed by atoms with Crippen molar-refractivity contribution in [3.05, 3.63) is 59.7 Å². The van der Waals surface area contributed by atoms with Crippen molar-refractivity contribution in [2.45, 2.75) is 6.42 Å². The Bertz CT molecular complexity index is 810. The molecule has 0 bridgehead atoms. The third kappa shape index (κ3) is 9.84. The van der Waals surface area contributed by atoms with E-state index in [0.717, 1.165) is 11.1 Å². The first-order chi connectivity index (χ1) is 12.4. The van der Waals surface area contributed by atoms with E-state index in [-0.39, 0.29) is 77.5 Å². The van der Waals surface area contributed by atoms with Gasteiger partial charge in [-0.05, 0) is 41.8 Å². The fourth-order valence-electron chi connectivity index (χ4n) is 2.27. The van der Waals surface area contributed by atoms with E-state index >= 15 is 0 Å². The Morgan fingerprint density at radius 1 is 1.00 bits per heavy atom. The maximum absolute atomic E-state index is 11.7. The standard InChI is InChI=1S/C17H16BrN2O5P.H3P.2U/c18-10-15(21)20(17(23)24)14-7-3-12(4-8-14)9-11-1-5-13(6-2-11)19-16(22)25-26;;;/h1-8H,9-10,26H2,(H,19,22)(H,23,24);1H3;;. The van der Waals surface area contributed by atoms with E-state index in [1.54, 1.807) is 36.4 Å². The van der Waals surface area contributed by atoms with Gasteiger partial charge in [0.25, 0.3) is 0 Å². The van der Waals surface area contributed by atoms with Crippen molar-refractivity contribution in [2.24, 2.45) is 0 Å². The molecule has 2 aromatic carbocycles. The fourth-order valence-corrected chi connectivity index (χ4v) is 2.58. The first kappa shape index (κ1) is 31.3. The van der Waals surface area contributed by atoms with Gasteiger partial charge in [0.05, 0.1) is 20.5 Å². The van der Waals surface area contributed by atoms with Crippen LogP contribution in [0.1, 0.15) is 11.1 Å².